The first-order valence-corrected chi connectivity index (χ1v) is 7.73. The molecule has 4 heteroatoms. The molecule has 0 spiro atoms. The maximum Gasteiger partial charge on any atom is 0.130 e. The lowest BCUT2D eigenvalue weighted by atomic mass is 10.1. The molecule has 0 saturated heterocycles. The van der Waals surface area contributed by atoms with Crippen molar-refractivity contribution in [3.05, 3.63) is 60.2 Å². The summed E-state index contributed by atoms with van der Waals surface area (Å²) in [6, 6.07) is 17.6. The standard InChI is InChI=1S/C17H16N2OS/c1-18-17-13(10-12-4-2-3-5-16(12)19-17)11-21-15-8-6-14(20)7-9-15/h2-10,20H,11H2,1H3,(H,18,19). The number of phenols is 1. The monoisotopic (exact) mass is 296 g/mol. The second-order valence-corrected chi connectivity index (χ2v) is 5.77. The molecule has 2 aromatic carbocycles. The number of nitrogens with one attached hydrogen (secondary N) is 1. The third kappa shape index (κ3) is 3.11. The summed E-state index contributed by atoms with van der Waals surface area (Å²) in [4.78, 5) is 5.78. The summed E-state index contributed by atoms with van der Waals surface area (Å²) >= 11 is 1.73. The Bertz CT molecular complexity index is 756. The molecule has 0 amide bonds. The minimum Gasteiger partial charge on any atom is -0.508 e. The van der Waals surface area contributed by atoms with E-state index in [4.69, 9.17) is 0 Å². The summed E-state index contributed by atoms with van der Waals surface area (Å²) in [6.45, 7) is 0. The number of hydrogen-bond acceptors (Lipinski definition) is 4. The van der Waals surface area contributed by atoms with Gasteiger partial charge in [-0.1, -0.05) is 18.2 Å². The number of aromatic hydroxyl groups is 1. The highest BCUT2D eigenvalue weighted by Gasteiger charge is 2.06. The number of benzene rings is 2. The second-order valence-electron chi connectivity index (χ2n) is 4.72. The number of thioether (sulfide) groups is 1. The third-order valence-electron chi connectivity index (χ3n) is 3.27. The van der Waals surface area contributed by atoms with Gasteiger partial charge >= 0.3 is 0 Å². The molecular weight excluding hydrogens is 280 g/mol. The first-order chi connectivity index (χ1) is 10.3. The molecule has 0 atom stereocenters. The van der Waals surface area contributed by atoms with Crippen molar-refractivity contribution in [1.82, 2.24) is 4.98 Å². The number of fused-ring (bicyclic) bond motifs is 1. The zero-order chi connectivity index (χ0) is 14.7. The third-order valence-corrected chi connectivity index (χ3v) is 4.33. The normalized spacial score (nSPS) is 10.7. The van der Waals surface area contributed by atoms with Gasteiger partial charge in [-0.3, -0.25) is 0 Å². The Balaban J connectivity index is 1.86. The molecule has 0 aliphatic rings. The molecule has 21 heavy (non-hydrogen) atoms. The molecule has 0 unspecified atom stereocenters. The largest absolute Gasteiger partial charge is 0.508 e. The first-order valence-electron chi connectivity index (χ1n) is 6.74. The second kappa shape index (κ2) is 6.06. The Morgan fingerprint density at radius 3 is 2.62 bits per heavy atom. The van der Waals surface area contributed by atoms with Crippen molar-refractivity contribution in [3.63, 3.8) is 0 Å². The number of anilines is 1. The van der Waals surface area contributed by atoms with E-state index in [2.05, 4.69) is 22.4 Å². The SMILES string of the molecule is CNc1nc2ccccc2cc1CSc1ccc(O)cc1. The molecule has 2 N–H and O–H groups in total. The van der Waals surface area contributed by atoms with Crippen molar-refractivity contribution in [1.29, 1.82) is 0 Å². The van der Waals surface area contributed by atoms with Gasteiger partial charge < -0.3 is 10.4 Å². The van der Waals surface area contributed by atoms with Crippen LogP contribution in [0, 0.1) is 0 Å². The van der Waals surface area contributed by atoms with E-state index >= 15 is 0 Å². The van der Waals surface area contributed by atoms with Gasteiger partial charge in [-0.25, -0.2) is 4.98 Å². The van der Waals surface area contributed by atoms with Crippen molar-refractivity contribution in [3.8, 4) is 5.75 Å². The van der Waals surface area contributed by atoms with Crippen molar-refractivity contribution in [2.75, 3.05) is 12.4 Å². The Hall–Kier alpha value is -2.20. The zero-order valence-electron chi connectivity index (χ0n) is 11.7. The summed E-state index contributed by atoms with van der Waals surface area (Å²) < 4.78 is 0. The van der Waals surface area contributed by atoms with Crippen LogP contribution in [0.2, 0.25) is 0 Å². The minimum atomic E-state index is 0.294. The summed E-state index contributed by atoms with van der Waals surface area (Å²) in [6.07, 6.45) is 0. The molecule has 106 valence electrons. The van der Waals surface area contributed by atoms with Crippen LogP contribution < -0.4 is 5.32 Å². The van der Waals surface area contributed by atoms with E-state index in [1.54, 1.807) is 23.9 Å². The molecule has 0 bridgehead atoms. The molecule has 0 aliphatic carbocycles. The fourth-order valence-electron chi connectivity index (χ4n) is 2.19. The molecule has 3 nitrogen and oxygen atoms in total. The maximum atomic E-state index is 9.31. The van der Waals surface area contributed by atoms with Gasteiger partial charge in [0.1, 0.15) is 11.6 Å². The van der Waals surface area contributed by atoms with Crippen LogP contribution >= 0.6 is 11.8 Å². The smallest absolute Gasteiger partial charge is 0.130 e. The van der Waals surface area contributed by atoms with E-state index < -0.39 is 0 Å². The van der Waals surface area contributed by atoms with Gasteiger partial charge in [0, 0.05) is 28.6 Å². The predicted octanol–water partition coefficient (Wildman–Crippen LogP) is 4.27. The molecule has 1 aromatic heterocycles. The molecule has 3 aromatic rings. The fraction of sp³-hybridized carbons (Fsp3) is 0.118. The lowest BCUT2D eigenvalue weighted by molar-refractivity contribution is 0.475. The van der Waals surface area contributed by atoms with Crippen LogP contribution in [0.3, 0.4) is 0 Å². The Morgan fingerprint density at radius 1 is 1.10 bits per heavy atom. The van der Waals surface area contributed by atoms with E-state index in [9.17, 15) is 5.11 Å². The average Bonchev–Trinajstić information content (AvgIpc) is 2.53. The summed E-state index contributed by atoms with van der Waals surface area (Å²) in [7, 11) is 1.89. The number of nitrogens with zero attached hydrogens (tertiary/aromatic N) is 1. The van der Waals surface area contributed by atoms with Crippen LogP contribution in [0.4, 0.5) is 5.82 Å². The summed E-state index contributed by atoms with van der Waals surface area (Å²) in [5.41, 5.74) is 2.18. The molecule has 0 aliphatic heterocycles. The van der Waals surface area contributed by atoms with E-state index in [-0.39, 0.29) is 0 Å². The maximum absolute atomic E-state index is 9.31. The highest BCUT2D eigenvalue weighted by molar-refractivity contribution is 7.98. The number of aromatic nitrogens is 1. The highest BCUT2D eigenvalue weighted by atomic mass is 32.2. The molecule has 0 fully saturated rings. The topological polar surface area (TPSA) is 45.2 Å². The lowest BCUT2D eigenvalue weighted by Crippen LogP contribution is -1.98. The highest BCUT2D eigenvalue weighted by Crippen LogP contribution is 2.29. The van der Waals surface area contributed by atoms with Gasteiger partial charge in [-0.2, -0.15) is 0 Å². The number of para-hydroxylation sites is 1. The van der Waals surface area contributed by atoms with Gasteiger partial charge in [0.25, 0.3) is 0 Å². The quantitative estimate of drug-likeness (QED) is 0.706. The average molecular weight is 296 g/mol. The summed E-state index contributed by atoms with van der Waals surface area (Å²) in [5, 5.41) is 13.6. The number of hydrogen-bond donors (Lipinski definition) is 2. The van der Waals surface area contributed by atoms with Crippen LogP contribution in [0.5, 0.6) is 5.75 Å². The number of pyridine rings is 1. The Morgan fingerprint density at radius 2 is 1.86 bits per heavy atom. The van der Waals surface area contributed by atoms with E-state index in [1.807, 2.05) is 37.4 Å². The van der Waals surface area contributed by atoms with Gasteiger partial charge in [0.05, 0.1) is 5.52 Å². The summed E-state index contributed by atoms with van der Waals surface area (Å²) in [5.74, 6) is 2.04. The Kier molecular flexibility index (Phi) is 3.97. The van der Waals surface area contributed by atoms with Gasteiger partial charge in [-0.15, -0.1) is 11.8 Å². The van der Waals surface area contributed by atoms with E-state index in [0.29, 0.717) is 5.75 Å². The van der Waals surface area contributed by atoms with Crippen LogP contribution in [0.1, 0.15) is 5.56 Å². The molecule has 3 rings (SSSR count). The van der Waals surface area contributed by atoms with Gasteiger partial charge in [0.2, 0.25) is 0 Å². The van der Waals surface area contributed by atoms with Crippen molar-refractivity contribution in [2.24, 2.45) is 0 Å². The molecule has 1 heterocycles. The molecular formula is C17H16N2OS. The van der Waals surface area contributed by atoms with Crippen LogP contribution in [-0.4, -0.2) is 17.1 Å². The van der Waals surface area contributed by atoms with Gasteiger partial charge in [0.15, 0.2) is 0 Å². The van der Waals surface area contributed by atoms with E-state index in [0.717, 1.165) is 27.4 Å². The Labute approximate surface area is 128 Å². The van der Waals surface area contributed by atoms with E-state index in [1.165, 1.54) is 5.56 Å². The minimum absolute atomic E-state index is 0.294. The van der Waals surface area contributed by atoms with Crippen molar-refractivity contribution in [2.45, 2.75) is 10.6 Å². The number of rotatable bonds is 4. The first kappa shape index (κ1) is 13.8. The van der Waals surface area contributed by atoms with Gasteiger partial charge in [-0.05, 0) is 36.4 Å². The molecule has 0 radical (unpaired) electrons. The predicted molar refractivity (Wildman–Crippen MR) is 89.0 cm³/mol. The lowest BCUT2D eigenvalue weighted by Gasteiger charge is -2.10. The fourth-order valence-corrected chi connectivity index (χ4v) is 3.06. The number of phenolic OH excluding ortho intramolecular Hbond substituents is 1. The van der Waals surface area contributed by atoms with Crippen LogP contribution in [-0.2, 0) is 5.75 Å². The van der Waals surface area contributed by atoms with Crippen LogP contribution in [0.25, 0.3) is 10.9 Å². The zero-order valence-corrected chi connectivity index (χ0v) is 12.5. The van der Waals surface area contributed by atoms with Crippen molar-refractivity contribution >= 4 is 28.5 Å². The van der Waals surface area contributed by atoms with Crippen LogP contribution in [0.15, 0.2) is 59.5 Å². The molecule has 0 saturated carbocycles. The van der Waals surface area contributed by atoms with Crippen molar-refractivity contribution < 1.29 is 5.11 Å².